The summed E-state index contributed by atoms with van der Waals surface area (Å²) >= 11 is 3.57. The fourth-order valence-electron chi connectivity index (χ4n) is 2.95. The number of aromatic nitrogens is 2. The van der Waals surface area contributed by atoms with Crippen molar-refractivity contribution in [3.05, 3.63) is 45.6 Å². The van der Waals surface area contributed by atoms with Gasteiger partial charge in [0.15, 0.2) is 0 Å². The van der Waals surface area contributed by atoms with Gasteiger partial charge in [0, 0.05) is 27.1 Å². The lowest BCUT2D eigenvalue weighted by molar-refractivity contribution is 0.433. The number of fused-ring (bicyclic) bond motifs is 1. The minimum absolute atomic E-state index is 0.0623. The summed E-state index contributed by atoms with van der Waals surface area (Å²) in [6, 6.07) is 10.0. The highest BCUT2D eigenvalue weighted by atomic mass is 79.9. The number of hydrogen-bond donors (Lipinski definition) is 2. The second-order valence-electron chi connectivity index (χ2n) is 6.64. The summed E-state index contributed by atoms with van der Waals surface area (Å²) in [7, 11) is 0. The molecule has 0 saturated heterocycles. The molecule has 0 spiro atoms. The number of ether oxygens (including phenoxy) is 1. The number of H-pyrrole nitrogens is 1. The van der Waals surface area contributed by atoms with Gasteiger partial charge < -0.3 is 4.74 Å². The Morgan fingerprint density at radius 2 is 2.04 bits per heavy atom. The number of nitriles is 1. The Bertz CT molecular complexity index is 813. The van der Waals surface area contributed by atoms with E-state index in [0.717, 1.165) is 21.3 Å². The van der Waals surface area contributed by atoms with Gasteiger partial charge in [-0.3, -0.25) is 10.5 Å². The van der Waals surface area contributed by atoms with Gasteiger partial charge in [0.25, 0.3) is 0 Å². The van der Waals surface area contributed by atoms with E-state index in [0.29, 0.717) is 5.88 Å². The molecule has 0 fully saturated rings. The third-order valence-electron chi connectivity index (χ3n) is 4.03. The summed E-state index contributed by atoms with van der Waals surface area (Å²) in [5.74, 6) is -0.639. The number of aromatic amines is 1. The lowest BCUT2D eigenvalue weighted by Gasteiger charge is -2.31. The minimum atomic E-state index is -0.681. The molecule has 0 radical (unpaired) electrons. The minimum Gasteiger partial charge on any atom is -0.422 e. The zero-order valence-corrected chi connectivity index (χ0v) is 14.7. The van der Waals surface area contributed by atoms with Gasteiger partial charge in [0.2, 0.25) is 11.8 Å². The molecule has 6 heteroatoms. The van der Waals surface area contributed by atoms with Crippen molar-refractivity contribution in [3.63, 3.8) is 0 Å². The molecule has 2 unspecified atom stereocenters. The van der Waals surface area contributed by atoms with E-state index in [4.69, 9.17) is 10.1 Å². The highest BCUT2D eigenvalue weighted by Crippen LogP contribution is 2.47. The Balaban J connectivity index is 2.29. The van der Waals surface area contributed by atoms with Gasteiger partial charge in [-0.2, -0.15) is 5.26 Å². The second kappa shape index (κ2) is 5.50. The maximum Gasteiger partial charge on any atom is 0.243 e. The molecule has 23 heavy (non-hydrogen) atoms. The first-order chi connectivity index (χ1) is 10.8. The predicted octanol–water partition coefficient (Wildman–Crippen LogP) is 4.11. The molecule has 2 N–H and O–H groups in total. The topological polar surface area (TPSA) is 85.5 Å². The Labute approximate surface area is 143 Å². The van der Waals surface area contributed by atoms with Crippen molar-refractivity contribution < 1.29 is 4.74 Å². The Kier molecular flexibility index (Phi) is 3.77. The molecule has 1 aromatic carbocycles. The van der Waals surface area contributed by atoms with Gasteiger partial charge in [0.1, 0.15) is 5.92 Å². The molecule has 0 aliphatic carbocycles. The van der Waals surface area contributed by atoms with Crippen LogP contribution in [0.3, 0.4) is 0 Å². The van der Waals surface area contributed by atoms with Crippen LogP contribution in [-0.4, -0.2) is 16.1 Å². The molecule has 0 amide bonds. The van der Waals surface area contributed by atoms with Gasteiger partial charge in [-0.25, -0.2) is 0 Å². The summed E-state index contributed by atoms with van der Waals surface area (Å²) in [4.78, 5) is 0. The average molecular weight is 373 g/mol. The number of nitrogens with one attached hydrogen (secondary N) is 2. The predicted molar refractivity (Wildman–Crippen MR) is 90.7 cm³/mol. The zero-order chi connectivity index (χ0) is 16.8. The molecular weight excluding hydrogens is 356 g/mol. The van der Waals surface area contributed by atoms with Crippen molar-refractivity contribution in [2.24, 2.45) is 5.92 Å². The summed E-state index contributed by atoms with van der Waals surface area (Å²) in [6.45, 7) is 6.25. The average Bonchev–Trinajstić information content (AvgIpc) is 2.90. The molecule has 5 nitrogen and oxygen atoms in total. The van der Waals surface area contributed by atoms with Crippen molar-refractivity contribution in [3.8, 4) is 11.9 Å². The van der Waals surface area contributed by atoms with Gasteiger partial charge in [-0.15, -0.1) is 5.10 Å². The summed E-state index contributed by atoms with van der Waals surface area (Å²) < 4.78 is 6.42. The maximum atomic E-state index is 9.62. The summed E-state index contributed by atoms with van der Waals surface area (Å²) in [5.41, 5.74) is 2.58. The Morgan fingerprint density at radius 1 is 1.35 bits per heavy atom. The highest BCUT2D eigenvalue weighted by Gasteiger charge is 2.42. The van der Waals surface area contributed by atoms with Crippen LogP contribution in [0.1, 0.15) is 43.5 Å². The summed E-state index contributed by atoms with van der Waals surface area (Å²) in [5, 5.41) is 25.0. The monoisotopic (exact) mass is 372 g/mol. The molecule has 2 aromatic rings. The third kappa shape index (κ3) is 2.55. The lowest BCUT2D eigenvalue weighted by atomic mass is 9.76. The van der Waals surface area contributed by atoms with Crippen molar-refractivity contribution >= 4 is 21.8 Å². The fourth-order valence-corrected chi connectivity index (χ4v) is 3.48. The largest absolute Gasteiger partial charge is 0.422 e. The molecule has 2 atom stereocenters. The SMILES string of the molecule is CC(C)(C)c1[nH]nc2c1C(c1ccccc1Br)C(C#N)C(=N)O2. The lowest BCUT2D eigenvalue weighted by Crippen LogP contribution is -2.32. The number of nitrogens with zero attached hydrogens (tertiary/aromatic N) is 2. The van der Waals surface area contributed by atoms with E-state index in [1.54, 1.807) is 0 Å². The van der Waals surface area contributed by atoms with Crippen LogP contribution in [0.25, 0.3) is 0 Å². The molecule has 0 saturated carbocycles. The van der Waals surface area contributed by atoms with Crippen LogP contribution in [0.2, 0.25) is 0 Å². The van der Waals surface area contributed by atoms with E-state index in [1.807, 2.05) is 24.3 Å². The first-order valence-electron chi connectivity index (χ1n) is 7.33. The quantitative estimate of drug-likeness (QED) is 0.789. The molecular formula is C17H17BrN4O. The standard InChI is InChI=1S/C17H17BrN4O/c1-17(2,3)14-13-12(9-6-4-5-7-11(9)18)10(8-19)15(20)23-16(13)22-21-14/h4-7,10,12,20H,1-3H3,(H,21,22). The number of benzene rings is 1. The van der Waals surface area contributed by atoms with Crippen molar-refractivity contribution in [1.29, 1.82) is 10.7 Å². The number of rotatable bonds is 1. The number of hydrogen-bond acceptors (Lipinski definition) is 4. The Morgan fingerprint density at radius 3 is 2.65 bits per heavy atom. The van der Waals surface area contributed by atoms with Crippen LogP contribution in [0.5, 0.6) is 5.88 Å². The number of halogens is 1. The molecule has 3 rings (SSSR count). The van der Waals surface area contributed by atoms with Crippen LogP contribution in [0.15, 0.2) is 28.7 Å². The van der Waals surface area contributed by atoms with Crippen molar-refractivity contribution in [1.82, 2.24) is 10.2 Å². The first-order valence-corrected chi connectivity index (χ1v) is 8.13. The first kappa shape index (κ1) is 15.8. The van der Waals surface area contributed by atoms with Gasteiger partial charge in [-0.1, -0.05) is 54.9 Å². The van der Waals surface area contributed by atoms with Crippen LogP contribution in [-0.2, 0) is 5.41 Å². The van der Waals surface area contributed by atoms with Crippen LogP contribution < -0.4 is 4.74 Å². The smallest absolute Gasteiger partial charge is 0.243 e. The molecule has 1 aliphatic heterocycles. The third-order valence-corrected chi connectivity index (χ3v) is 4.75. The van der Waals surface area contributed by atoms with Gasteiger partial charge in [0.05, 0.1) is 6.07 Å². The normalized spacial score (nSPS) is 20.6. The van der Waals surface area contributed by atoms with Crippen molar-refractivity contribution in [2.75, 3.05) is 0 Å². The van der Waals surface area contributed by atoms with Crippen LogP contribution >= 0.6 is 15.9 Å². The fraction of sp³-hybridized carbons (Fsp3) is 0.353. The zero-order valence-electron chi connectivity index (χ0n) is 13.1. The van der Waals surface area contributed by atoms with E-state index in [1.165, 1.54) is 0 Å². The Hall–Kier alpha value is -2.13. The van der Waals surface area contributed by atoms with Crippen LogP contribution in [0.4, 0.5) is 0 Å². The molecule has 118 valence electrons. The molecule has 1 aromatic heterocycles. The molecule has 1 aliphatic rings. The van der Waals surface area contributed by atoms with E-state index in [2.05, 4.69) is 53.0 Å². The summed E-state index contributed by atoms with van der Waals surface area (Å²) in [6.07, 6.45) is 0. The van der Waals surface area contributed by atoms with E-state index in [9.17, 15) is 5.26 Å². The van der Waals surface area contributed by atoms with Gasteiger partial charge in [-0.05, 0) is 11.6 Å². The van der Waals surface area contributed by atoms with E-state index < -0.39 is 5.92 Å². The molecule has 2 heterocycles. The van der Waals surface area contributed by atoms with Crippen LogP contribution in [0, 0.1) is 22.7 Å². The highest BCUT2D eigenvalue weighted by molar-refractivity contribution is 9.10. The molecule has 0 bridgehead atoms. The van der Waals surface area contributed by atoms with E-state index in [-0.39, 0.29) is 17.2 Å². The van der Waals surface area contributed by atoms with Gasteiger partial charge >= 0.3 is 0 Å². The maximum absolute atomic E-state index is 9.62. The van der Waals surface area contributed by atoms with E-state index >= 15 is 0 Å². The second-order valence-corrected chi connectivity index (χ2v) is 7.49. The van der Waals surface area contributed by atoms with Crippen molar-refractivity contribution in [2.45, 2.75) is 32.1 Å².